The lowest BCUT2D eigenvalue weighted by molar-refractivity contribution is 0.0505. The largest absolute Gasteiger partial charge is 0.465 e. The molecule has 0 heterocycles. The predicted molar refractivity (Wildman–Crippen MR) is 75.1 cm³/mol. The second-order valence-electron chi connectivity index (χ2n) is 4.19. The molecule has 2 aliphatic carbocycles. The van der Waals surface area contributed by atoms with Gasteiger partial charge in [-0.15, -0.1) is 0 Å². The van der Waals surface area contributed by atoms with E-state index in [9.17, 15) is 14.9 Å². The van der Waals surface area contributed by atoms with E-state index in [4.69, 9.17) is 9.47 Å². The summed E-state index contributed by atoms with van der Waals surface area (Å²) in [6.07, 6.45) is 0. The average molecular weight is 283 g/mol. The number of fused-ring (bicyclic) bond motifs is 1. The van der Waals surface area contributed by atoms with Crippen LogP contribution in [-0.2, 0) is 9.47 Å². The molecule has 0 aromatic rings. The summed E-state index contributed by atoms with van der Waals surface area (Å²) in [5.41, 5.74) is 1.17. The molecule has 0 aromatic carbocycles. The van der Waals surface area contributed by atoms with E-state index in [2.05, 4.69) is 0 Å². The Labute approximate surface area is 122 Å². The molecular weight excluding hydrogens is 270 g/mol. The molecule has 5 nitrogen and oxygen atoms in total. The van der Waals surface area contributed by atoms with Crippen LogP contribution >= 0.6 is 0 Å². The van der Waals surface area contributed by atoms with Crippen LogP contribution in [0.3, 0.4) is 0 Å². The fraction of sp³-hybridized carbons (Fsp3) is 0.188. The quantitative estimate of drug-likeness (QED) is 0.809. The third-order valence-corrected chi connectivity index (χ3v) is 3.06. The van der Waals surface area contributed by atoms with Gasteiger partial charge in [0.25, 0.3) is 0 Å². The molecule has 0 atom stereocenters. The van der Waals surface area contributed by atoms with Crippen molar-refractivity contribution in [2.24, 2.45) is 0 Å². The van der Waals surface area contributed by atoms with Gasteiger partial charge in [0.2, 0.25) is 0 Å². The van der Waals surface area contributed by atoms with Crippen LogP contribution in [0.25, 0.3) is 11.1 Å². The monoisotopic (exact) mass is 283 g/mol. The second-order valence-corrected chi connectivity index (χ2v) is 4.19. The smallest absolute Gasteiger partial charge is 0.340 e. The topological polar surface area (TPSA) is 76.4 Å². The SMILES string of the molecule is CCOC(=O)c1c(C#N)c2cccccc-2c1C(=O)OC. The molecule has 0 aromatic heterocycles. The first-order valence-electron chi connectivity index (χ1n) is 6.35. The van der Waals surface area contributed by atoms with E-state index in [1.54, 1.807) is 37.3 Å². The number of carbonyl (C=O) groups is 2. The highest BCUT2D eigenvalue weighted by molar-refractivity contribution is 6.13. The number of hydrogen-bond donors (Lipinski definition) is 0. The maximum Gasteiger partial charge on any atom is 0.340 e. The number of nitriles is 1. The number of esters is 2. The van der Waals surface area contributed by atoms with E-state index in [1.165, 1.54) is 7.11 Å². The Morgan fingerprint density at radius 2 is 1.76 bits per heavy atom. The molecule has 0 unspecified atom stereocenters. The first kappa shape index (κ1) is 14.5. The summed E-state index contributed by atoms with van der Waals surface area (Å²) in [6, 6.07) is 10.6. The maximum atomic E-state index is 12.1. The molecule has 0 N–H and O–H groups in total. The highest BCUT2D eigenvalue weighted by atomic mass is 16.5. The molecule has 2 rings (SSSR count). The van der Waals surface area contributed by atoms with Gasteiger partial charge in [0.1, 0.15) is 6.07 Å². The number of nitrogens with zero attached hydrogens (tertiary/aromatic N) is 1. The Balaban J connectivity index is 2.85. The summed E-state index contributed by atoms with van der Waals surface area (Å²) in [6.45, 7) is 1.81. The molecule has 0 radical (unpaired) electrons. The van der Waals surface area contributed by atoms with Gasteiger partial charge in [0, 0.05) is 5.56 Å². The van der Waals surface area contributed by atoms with Gasteiger partial charge in [0.05, 0.1) is 30.4 Å². The van der Waals surface area contributed by atoms with Crippen LogP contribution in [0.15, 0.2) is 30.3 Å². The summed E-state index contributed by atoms with van der Waals surface area (Å²) in [5.74, 6) is -1.37. The zero-order valence-corrected chi connectivity index (χ0v) is 11.7. The van der Waals surface area contributed by atoms with Crippen molar-refractivity contribution in [1.29, 1.82) is 5.26 Å². The minimum Gasteiger partial charge on any atom is -0.465 e. The summed E-state index contributed by atoms with van der Waals surface area (Å²) in [4.78, 5) is 24.2. The van der Waals surface area contributed by atoms with Crippen LogP contribution < -0.4 is 0 Å². The van der Waals surface area contributed by atoms with Crippen LogP contribution in [0, 0.1) is 11.3 Å². The van der Waals surface area contributed by atoms with E-state index >= 15 is 0 Å². The van der Waals surface area contributed by atoms with E-state index < -0.39 is 11.9 Å². The lowest BCUT2D eigenvalue weighted by atomic mass is 10.1. The van der Waals surface area contributed by atoms with Crippen LogP contribution in [-0.4, -0.2) is 25.7 Å². The van der Waals surface area contributed by atoms with Gasteiger partial charge in [-0.05, 0) is 12.5 Å². The Kier molecular flexibility index (Phi) is 4.19. The summed E-state index contributed by atoms with van der Waals surface area (Å²) >= 11 is 0. The Morgan fingerprint density at radius 1 is 1.10 bits per heavy atom. The van der Waals surface area contributed by atoms with Gasteiger partial charge in [-0.25, -0.2) is 9.59 Å². The zero-order chi connectivity index (χ0) is 15.4. The Hall–Kier alpha value is -2.87. The van der Waals surface area contributed by atoms with Crippen molar-refractivity contribution in [2.75, 3.05) is 13.7 Å². The molecule has 0 saturated heterocycles. The Bertz CT molecular complexity index is 715. The number of methoxy groups -OCH3 is 1. The molecule has 0 fully saturated rings. The maximum absolute atomic E-state index is 12.1. The molecule has 106 valence electrons. The van der Waals surface area contributed by atoms with Gasteiger partial charge in [-0.2, -0.15) is 5.26 Å². The molecule has 0 bridgehead atoms. The second kappa shape index (κ2) is 6.06. The van der Waals surface area contributed by atoms with Crippen molar-refractivity contribution in [1.82, 2.24) is 0 Å². The normalized spacial score (nSPS) is 9.95. The van der Waals surface area contributed by atoms with Gasteiger partial charge >= 0.3 is 11.9 Å². The minimum absolute atomic E-state index is 0.0348. The van der Waals surface area contributed by atoms with E-state index in [-0.39, 0.29) is 23.3 Å². The van der Waals surface area contributed by atoms with Gasteiger partial charge in [0.15, 0.2) is 0 Å². The number of rotatable bonds is 3. The fourth-order valence-corrected chi connectivity index (χ4v) is 2.22. The minimum atomic E-state index is -0.701. The summed E-state index contributed by atoms with van der Waals surface area (Å²) < 4.78 is 9.71. The van der Waals surface area contributed by atoms with E-state index in [1.807, 2.05) is 6.07 Å². The molecular formula is C16H13NO4. The third-order valence-electron chi connectivity index (χ3n) is 3.06. The standard InChI is InChI=1S/C16H13NO4/c1-3-21-16(19)14-12(9-17)10-7-5-4-6-8-11(10)13(14)15(18)20-2/h4-8H,3H2,1-2H3. The van der Waals surface area contributed by atoms with Gasteiger partial charge in [-0.1, -0.05) is 30.3 Å². The fourth-order valence-electron chi connectivity index (χ4n) is 2.22. The molecule has 0 saturated carbocycles. The zero-order valence-electron chi connectivity index (χ0n) is 11.7. The molecule has 2 aliphatic rings. The van der Waals surface area contributed by atoms with Crippen LogP contribution in [0.2, 0.25) is 0 Å². The van der Waals surface area contributed by atoms with Crippen LogP contribution in [0.4, 0.5) is 0 Å². The highest BCUT2D eigenvalue weighted by Gasteiger charge is 2.32. The number of ether oxygens (including phenoxy) is 2. The first-order chi connectivity index (χ1) is 10.2. The van der Waals surface area contributed by atoms with Crippen molar-refractivity contribution in [3.05, 3.63) is 47.0 Å². The summed E-state index contributed by atoms with van der Waals surface area (Å²) in [5, 5.41) is 9.37. The lowest BCUT2D eigenvalue weighted by Crippen LogP contribution is -2.12. The number of hydrogen-bond acceptors (Lipinski definition) is 5. The van der Waals surface area contributed by atoms with E-state index in [0.717, 1.165) is 0 Å². The van der Waals surface area contributed by atoms with Gasteiger partial charge in [-0.3, -0.25) is 0 Å². The highest BCUT2D eigenvalue weighted by Crippen LogP contribution is 2.36. The van der Waals surface area contributed by atoms with Crippen LogP contribution in [0.1, 0.15) is 33.2 Å². The molecule has 5 heteroatoms. The van der Waals surface area contributed by atoms with Crippen molar-refractivity contribution >= 4 is 11.9 Å². The van der Waals surface area contributed by atoms with Crippen molar-refractivity contribution in [2.45, 2.75) is 6.92 Å². The van der Waals surface area contributed by atoms with Gasteiger partial charge < -0.3 is 9.47 Å². The predicted octanol–water partition coefficient (Wildman–Crippen LogP) is 2.63. The summed E-state index contributed by atoms with van der Waals surface area (Å²) in [7, 11) is 1.23. The van der Waals surface area contributed by atoms with E-state index in [0.29, 0.717) is 11.1 Å². The third kappa shape index (κ3) is 2.43. The average Bonchev–Trinajstić information content (AvgIpc) is 2.62. The molecule has 21 heavy (non-hydrogen) atoms. The Morgan fingerprint density at radius 3 is 2.33 bits per heavy atom. The molecule has 0 amide bonds. The van der Waals surface area contributed by atoms with Crippen molar-refractivity contribution in [3.8, 4) is 17.2 Å². The molecule has 0 spiro atoms. The molecule has 0 aliphatic heterocycles. The lowest BCUT2D eigenvalue weighted by Gasteiger charge is -2.04. The number of carbonyl (C=O) groups excluding carboxylic acids is 2. The van der Waals surface area contributed by atoms with Crippen LogP contribution in [0.5, 0.6) is 0 Å². The van der Waals surface area contributed by atoms with Crippen molar-refractivity contribution in [3.63, 3.8) is 0 Å². The van der Waals surface area contributed by atoms with Crippen molar-refractivity contribution < 1.29 is 19.1 Å². The first-order valence-corrected chi connectivity index (χ1v) is 6.35.